The molecular weight excluding hydrogens is 826 g/mol. The van der Waals surface area contributed by atoms with Crippen LogP contribution >= 0.6 is 77.1 Å². The molecule has 2 aromatic heterocycles. The molecule has 0 atom stereocenters. The fourth-order valence-electron chi connectivity index (χ4n) is 4.94. The maximum absolute atomic E-state index is 9.15. The summed E-state index contributed by atoms with van der Waals surface area (Å²) >= 11 is 12.8. The molecule has 44 heavy (non-hydrogen) atoms. The zero-order chi connectivity index (χ0) is 30.6. The molecule has 8 rings (SSSR count). The van der Waals surface area contributed by atoms with Gasteiger partial charge in [0, 0.05) is 47.5 Å². The minimum absolute atomic E-state index is 0.538. The summed E-state index contributed by atoms with van der Waals surface area (Å²) in [7, 11) is -1.40. The van der Waals surface area contributed by atoms with Gasteiger partial charge < -0.3 is 10.0 Å². The van der Waals surface area contributed by atoms with Gasteiger partial charge in [0.15, 0.2) is 0 Å². The van der Waals surface area contributed by atoms with Crippen LogP contribution in [0, 0.1) is 3.57 Å². The van der Waals surface area contributed by atoms with Crippen molar-refractivity contribution in [1.29, 1.82) is 0 Å². The van der Waals surface area contributed by atoms with Crippen LogP contribution in [0.2, 0.25) is 0 Å². The molecule has 0 saturated carbocycles. The van der Waals surface area contributed by atoms with Crippen LogP contribution in [0.25, 0.3) is 51.5 Å². The second-order valence-corrected chi connectivity index (χ2v) is 15.2. The summed E-state index contributed by atoms with van der Waals surface area (Å²) < 4.78 is 8.62. The molecule has 6 aromatic carbocycles. The first-order chi connectivity index (χ1) is 21.4. The Morgan fingerprint density at radius 3 is 1.57 bits per heavy atom. The van der Waals surface area contributed by atoms with Crippen LogP contribution < -0.4 is 5.46 Å². The fraction of sp³-hybridized carbons (Fsp3) is 0. The van der Waals surface area contributed by atoms with E-state index < -0.39 is 7.12 Å². The fourth-order valence-corrected chi connectivity index (χ4v) is 8.88. The number of halogens is 3. The molecule has 0 aliphatic carbocycles. The van der Waals surface area contributed by atoms with Gasteiger partial charge in [-0.25, -0.2) is 0 Å². The maximum atomic E-state index is 9.15. The highest BCUT2D eigenvalue weighted by Crippen LogP contribution is 2.36. The molecule has 0 saturated heterocycles. The monoisotopic (exact) mass is 848 g/mol. The quantitative estimate of drug-likeness (QED) is 0.134. The largest absolute Gasteiger partial charge is 0.488 e. The van der Waals surface area contributed by atoms with E-state index in [0.717, 1.165) is 14.3 Å². The molecule has 2 nitrogen and oxygen atoms in total. The van der Waals surface area contributed by atoms with Gasteiger partial charge in [-0.2, -0.15) is 0 Å². The van der Waals surface area contributed by atoms with Crippen molar-refractivity contribution in [1.82, 2.24) is 0 Å². The maximum Gasteiger partial charge on any atom is 0.488 e. The van der Waals surface area contributed by atoms with E-state index in [-0.39, 0.29) is 0 Å². The van der Waals surface area contributed by atoms with Crippen molar-refractivity contribution in [3.05, 3.63) is 146 Å². The Kier molecular flexibility index (Phi) is 10.2. The lowest BCUT2D eigenvalue weighted by Gasteiger charge is -2.03. The van der Waals surface area contributed by atoms with Crippen LogP contribution in [0.3, 0.4) is 0 Å². The topological polar surface area (TPSA) is 40.5 Å². The Balaban J connectivity index is 0.000000128. The lowest BCUT2D eigenvalue weighted by molar-refractivity contribution is 0.426. The van der Waals surface area contributed by atoms with E-state index in [1.165, 1.54) is 49.7 Å². The normalized spacial score (nSPS) is 10.8. The first-order valence-electron chi connectivity index (χ1n) is 13.7. The van der Waals surface area contributed by atoms with Crippen LogP contribution in [0.4, 0.5) is 0 Å². The summed E-state index contributed by atoms with van der Waals surface area (Å²) in [6.45, 7) is 0. The highest BCUT2D eigenvalue weighted by Gasteiger charge is 2.13. The number of thiophene rings is 2. The molecule has 216 valence electrons. The molecule has 0 spiro atoms. The standard InChI is InChI=1S/C18H11BrS.C12H9BO2S.C6H4BrI/c19-14-5-3-4-12(10-14)13-8-9-18-16(11-13)15-6-1-2-7-17(15)20-18;14-13(15)8-5-6-12-10(7-8)9-3-1-2-4-11(9)16-12;7-5-2-1-3-6(8)4-5/h1-11H;1-7,14-15H;1-4H. The third-order valence-corrected chi connectivity index (χ3v) is 11.0. The molecule has 8 aromatic rings. The number of rotatable bonds is 2. The van der Waals surface area contributed by atoms with E-state index in [4.69, 9.17) is 10.0 Å². The number of hydrogen-bond acceptors (Lipinski definition) is 4. The van der Waals surface area contributed by atoms with Gasteiger partial charge >= 0.3 is 7.12 Å². The summed E-state index contributed by atoms with van der Waals surface area (Å²) in [6.07, 6.45) is 0. The Morgan fingerprint density at radius 2 is 1.00 bits per heavy atom. The van der Waals surface area contributed by atoms with E-state index in [1.807, 2.05) is 47.7 Å². The Labute approximate surface area is 294 Å². The molecule has 8 heteroatoms. The second kappa shape index (κ2) is 14.2. The van der Waals surface area contributed by atoms with Gasteiger partial charge in [0.2, 0.25) is 0 Å². The minimum atomic E-state index is -1.40. The molecule has 0 aliphatic heterocycles. The zero-order valence-corrected chi connectivity index (χ0v) is 30.1. The zero-order valence-electron chi connectivity index (χ0n) is 23.1. The minimum Gasteiger partial charge on any atom is -0.423 e. The lowest BCUT2D eigenvalue weighted by Crippen LogP contribution is -2.29. The molecule has 0 amide bonds. The van der Waals surface area contributed by atoms with Crippen molar-refractivity contribution in [3.63, 3.8) is 0 Å². The van der Waals surface area contributed by atoms with Crippen LogP contribution in [0.15, 0.2) is 142 Å². The van der Waals surface area contributed by atoms with Gasteiger partial charge in [-0.15, -0.1) is 22.7 Å². The highest BCUT2D eigenvalue weighted by molar-refractivity contribution is 14.1. The third kappa shape index (κ3) is 7.28. The summed E-state index contributed by atoms with van der Waals surface area (Å²) in [5.74, 6) is 0. The van der Waals surface area contributed by atoms with Crippen molar-refractivity contribution >= 4 is 130 Å². The van der Waals surface area contributed by atoms with Gasteiger partial charge in [-0.3, -0.25) is 0 Å². The average Bonchev–Trinajstić information content (AvgIpc) is 3.59. The van der Waals surface area contributed by atoms with Crippen LogP contribution in [0.5, 0.6) is 0 Å². The smallest absolute Gasteiger partial charge is 0.423 e. The summed E-state index contributed by atoms with van der Waals surface area (Å²) in [5.41, 5.74) is 3.05. The predicted molar refractivity (Wildman–Crippen MR) is 208 cm³/mol. The molecule has 0 fully saturated rings. The van der Waals surface area contributed by atoms with Crippen LogP contribution in [-0.4, -0.2) is 17.2 Å². The van der Waals surface area contributed by atoms with E-state index in [0.29, 0.717) is 5.46 Å². The Hall–Kier alpha value is -2.57. The second-order valence-electron chi connectivity index (χ2n) is 9.99. The van der Waals surface area contributed by atoms with Gasteiger partial charge in [-0.1, -0.05) is 105 Å². The van der Waals surface area contributed by atoms with E-state index in [2.05, 4.69) is 145 Å². The van der Waals surface area contributed by atoms with E-state index in [9.17, 15) is 0 Å². The van der Waals surface area contributed by atoms with E-state index in [1.54, 1.807) is 17.4 Å². The Bertz CT molecular complexity index is 2210. The molecule has 0 radical (unpaired) electrons. The van der Waals surface area contributed by atoms with Gasteiger partial charge in [0.25, 0.3) is 0 Å². The summed E-state index contributed by atoms with van der Waals surface area (Å²) in [4.78, 5) is 0. The first kappa shape index (κ1) is 31.4. The third-order valence-electron chi connectivity index (χ3n) is 7.02. The SMILES string of the molecule is Brc1cccc(-c2ccc3sc4ccccc4c3c2)c1.Brc1cccc(I)c1.OB(O)c1ccc2sc3ccccc3c2c1. The van der Waals surface area contributed by atoms with Crippen molar-refractivity contribution in [2.75, 3.05) is 0 Å². The van der Waals surface area contributed by atoms with Gasteiger partial charge in [-0.05, 0) is 105 Å². The number of hydrogen-bond donors (Lipinski definition) is 2. The average molecular weight is 850 g/mol. The predicted octanol–water partition coefficient (Wildman–Crippen LogP) is 11.3. The van der Waals surface area contributed by atoms with E-state index >= 15 is 0 Å². The first-order valence-corrected chi connectivity index (χ1v) is 18.0. The molecular formula is C36H24BBr2IO2S2. The van der Waals surface area contributed by atoms with Crippen molar-refractivity contribution in [2.45, 2.75) is 0 Å². The molecule has 2 heterocycles. The molecule has 2 N–H and O–H groups in total. The lowest BCUT2D eigenvalue weighted by atomic mass is 9.80. The van der Waals surface area contributed by atoms with Gasteiger partial charge in [0.05, 0.1) is 0 Å². The number of benzene rings is 6. The van der Waals surface area contributed by atoms with Gasteiger partial charge in [0.1, 0.15) is 0 Å². The summed E-state index contributed by atoms with van der Waals surface area (Å²) in [5, 5.41) is 23.3. The summed E-state index contributed by atoms with van der Waals surface area (Å²) in [6, 6.07) is 45.7. The molecule has 0 bridgehead atoms. The molecule has 0 unspecified atom stereocenters. The van der Waals surface area contributed by atoms with Crippen molar-refractivity contribution in [3.8, 4) is 11.1 Å². The van der Waals surface area contributed by atoms with Crippen molar-refractivity contribution in [2.24, 2.45) is 0 Å². The van der Waals surface area contributed by atoms with Crippen LogP contribution in [-0.2, 0) is 0 Å². The highest BCUT2D eigenvalue weighted by atomic mass is 127. The molecule has 0 aliphatic rings. The number of fused-ring (bicyclic) bond motifs is 6. The Morgan fingerprint density at radius 1 is 0.477 bits per heavy atom. The van der Waals surface area contributed by atoms with Crippen LogP contribution in [0.1, 0.15) is 0 Å². The van der Waals surface area contributed by atoms with Crippen molar-refractivity contribution < 1.29 is 10.0 Å².